The van der Waals surface area contributed by atoms with Crippen molar-refractivity contribution >= 4 is 29.3 Å². The topological polar surface area (TPSA) is 17.1 Å². The van der Waals surface area contributed by atoms with Gasteiger partial charge < -0.3 is 0 Å². The van der Waals surface area contributed by atoms with Crippen LogP contribution in [0.3, 0.4) is 0 Å². The first-order chi connectivity index (χ1) is 6.74. The molecule has 0 aromatic heterocycles. The van der Waals surface area contributed by atoms with Crippen molar-refractivity contribution in [1.29, 1.82) is 0 Å². The molecule has 0 saturated carbocycles. The predicted octanol–water partition coefficient (Wildman–Crippen LogP) is 3.34. The van der Waals surface area contributed by atoms with Crippen LogP contribution in [-0.4, -0.2) is 23.5 Å². The molecule has 0 spiro atoms. The fourth-order valence-electron chi connectivity index (χ4n) is 1.03. The normalized spacial score (nSPS) is 10.1. The molecule has 1 nitrogen and oxygen atoms in total. The van der Waals surface area contributed by atoms with Gasteiger partial charge in [0, 0.05) is 22.0 Å². The van der Waals surface area contributed by atoms with E-state index in [9.17, 15) is 4.79 Å². The van der Waals surface area contributed by atoms with E-state index in [0.717, 1.165) is 11.3 Å². The molecule has 76 valence electrons. The van der Waals surface area contributed by atoms with Crippen molar-refractivity contribution in [3.8, 4) is 0 Å². The smallest absolute Gasteiger partial charge is 0.159 e. The van der Waals surface area contributed by atoms with Crippen LogP contribution < -0.4 is 0 Å². The van der Waals surface area contributed by atoms with Gasteiger partial charge in [-0.25, -0.2) is 0 Å². The third kappa shape index (κ3) is 3.76. The molecule has 1 aromatic carbocycles. The molecule has 14 heavy (non-hydrogen) atoms. The van der Waals surface area contributed by atoms with E-state index < -0.39 is 0 Å². The largest absolute Gasteiger partial charge is 0.295 e. The van der Waals surface area contributed by atoms with Gasteiger partial charge in [0.05, 0.1) is 0 Å². The van der Waals surface area contributed by atoms with Crippen LogP contribution in [0, 0.1) is 0 Å². The molecule has 0 atom stereocenters. The van der Waals surface area contributed by atoms with Crippen molar-refractivity contribution in [2.75, 3.05) is 17.8 Å². The van der Waals surface area contributed by atoms with Crippen molar-refractivity contribution in [3.05, 3.63) is 29.8 Å². The zero-order valence-electron chi connectivity index (χ0n) is 8.45. The van der Waals surface area contributed by atoms with E-state index in [1.165, 1.54) is 10.6 Å². The van der Waals surface area contributed by atoms with Gasteiger partial charge in [-0.1, -0.05) is 12.1 Å². The summed E-state index contributed by atoms with van der Waals surface area (Å²) >= 11 is 3.69. The highest BCUT2D eigenvalue weighted by atomic mass is 32.2. The van der Waals surface area contributed by atoms with Crippen LogP contribution in [0.4, 0.5) is 0 Å². The highest BCUT2D eigenvalue weighted by Crippen LogP contribution is 2.19. The molecule has 0 bridgehead atoms. The number of ketones is 1. The van der Waals surface area contributed by atoms with E-state index in [2.05, 4.69) is 6.26 Å². The van der Waals surface area contributed by atoms with Gasteiger partial charge in [0.25, 0.3) is 0 Å². The molecular weight excluding hydrogens is 212 g/mol. The summed E-state index contributed by atoms with van der Waals surface area (Å²) in [6.45, 7) is 1.59. The van der Waals surface area contributed by atoms with Gasteiger partial charge in [-0.3, -0.25) is 4.79 Å². The third-order valence-corrected chi connectivity index (χ3v) is 3.70. The fourth-order valence-corrected chi connectivity index (χ4v) is 2.59. The average Bonchev–Trinajstić information content (AvgIpc) is 2.19. The SMILES string of the molecule is CSCCSc1ccc(C(C)=O)cc1. The Hall–Kier alpha value is -0.410. The fraction of sp³-hybridized carbons (Fsp3) is 0.364. The van der Waals surface area contributed by atoms with Gasteiger partial charge in [-0.05, 0) is 25.3 Å². The van der Waals surface area contributed by atoms with Gasteiger partial charge in [-0.15, -0.1) is 11.8 Å². The summed E-state index contributed by atoms with van der Waals surface area (Å²) in [5, 5.41) is 0. The van der Waals surface area contributed by atoms with Gasteiger partial charge in [-0.2, -0.15) is 11.8 Å². The second-order valence-electron chi connectivity index (χ2n) is 2.92. The van der Waals surface area contributed by atoms with E-state index >= 15 is 0 Å². The summed E-state index contributed by atoms with van der Waals surface area (Å²) in [4.78, 5) is 12.2. The van der Waals surface area contributed by atoms with Crippen LogP contribution in [0.1, 0.15) is 17.3 Å². The zero-order chi connectivity index (χ0) is 10.4. The molecule has 0 aliphatic heterocycles. The van der Waals surface area contributed by atoms with Crippen molar-refractivity contribution in [3.63, 3.8) is 0 Å². The van der Waals surface area contributed by atoms with E-state index in [0.29, 0.717) is 0 Å². The minimum absolute atomic E-state index is 0.130. The lowest BCUT2D eigenvalue weighted by Gasteiger charge is -2.01. The number of hydrogen-bond acceptors (Lipinski definition) is 3. The first kappa shape index (κ1) is 11.7. The summed E-state index contributed by atoms with van der Waals surface area (Å²) in [5.41, 5.74) is 0.791. The standard InChI is InChI=1S/C11H14OS2/c1-9(12)10-3-5-11(6-4-10)14-8-7-13-2/h3-6H,7-8H2,1-2H3. The number of hydrogen-bond donors (Lipinski definition) is 0. The predicted molar refractivity (Wildman–Crippen MR) is 65.6 cm³/mol. The van der Waals surface area contributed by atoms with Gasteiger partial charge in [0.2, 0.25) is 0 Å². The number of benzene rings is 1. The maximum atomic E-state index is 11.0. The van der Waals surface area contributed by atoms with E-state index in [4.69, 9.17) is 0 Å². The summed E-state index contributed by atoms with van der Waals surface area (Å²) in [5.74, 6) is 2.42. The molecule has 3 heteroatoms. The van der Waals surface area contributed by atoms with Crippen molar-refractivity contribution in [2.45, 2.75) is 11.8 Å². The van der Waals surface area contributed by atoms with Crippen molar-refractivity contribution < 1.29 is 4.79 Å². The average molecular weight is 226 g/mol. The first-order valence-electron chi connectivity index (χ1n) is 4.47. The number of rotatable bonds is 5. The lowest BCUT2D eigenvalue weighted by atomic mass is 10.2. The zero-order valence-corrected chi connectivity index (χ0v) is 10.1. The van der Waals surface area contributed by atoms with Crippen molar-refractivity contribution in [2.24, 2.45) is 0 Å². The summed E-state index contributed by atoms with van der Waals surface area (Å²) in [6, 6.07) is 7.82. The number of thioether (sulfide) groups is 2. The summed E-state index contributed by atoms with van der Waals surface area (Å²) in [6.07, 6.45) is 2.11. The van der Waals surface area contributed by atoms with Gasteiger partial charge in [0.1, 0.15) is 0 Å². The van der Waals surface area contributed by atoms with Crippen LogP contribution in [-0.2, 0) is 0 Å². The molecular formula is C11H14OS2. The molecule has 0 aliphatic carbocycles. The minimum Gasteiger partial charge on any atom is -0.295 e. The molecule has 0 amide bonds. The van der Waals surface area contributed by atoms with Gasteiger partial charge in [0.15, 0.2) is 5.78 Å². The van der Waals surface area contributed by atoms with Crippen molar-refractivity contribution in [1.82, 2.24) is 0 Å². The summed E-state index contributed by atoms with van der Waals surface area (Å²) in [7, 11) is 0. The number of carbonyl (C=O) groups excluding carboxylic acids is 1. The molecule has 0 aliphatic rings. The minimum atomic E-state index is 0.130. The first-order valence-corrected chi connectivity index (χ1v) is 6.84. The maximum Gasteiger partial charge on any atom is 0.159 e. The number of Topliss-reactive ketones (excluding diaryl/α,β-unsaturated/α-hetero) is 1. The molecule has 0 radical (unpaired) electrons. The molecule has 0 saturated heterocycles. The van der Waals surface area contributed by atoms with Crippen LogP contribution in [0.25, 0.3) is 0 Å². The second kappa shape index (κ2) is 6.14. The molecule has 0 heterocycles. The lowest BCUT2D eigenvalue weighted by Crippen LogP contribution is -1.90. The lowest BCUT2D eigenvalue weighted by molar-refractivity contribution is 0.101. The molecule has 0 unspecified atom stereocenters. The Balaban J connectivity index is 2.51. The third-order valence-electron chi connectivity index (χ3n) is 1.82. The highest BCUT2D eigenvalue weighted by molar-refractivity contribution is 8.02. The Kier molecular flexibility index (Phi) is 5.12. The van der Waals surface area contributed by atoms with Crippen LogP contribution in [0.15, 0.2) is 29.2 Å². The molecule has 1 aromatic rings. The van der Waals surface area contributed by atoms with Crippen LogP contribution in [0.2, 0.25) is 0 Å². The Bertz CT molecular complexity index is 293. The highest BCUT2D eigenvalue weighted by Gasteiger charge is 1.98. The summed E-state index contributed by atoms with van der Waals surface area (Å²) < 4.78 is 0. The van der Waals surface area contributed by atoms with E-state index in [1.54, 1.807) is 6.92 Å². The Labute approximate surface area is 93.7 Å². The molecule has 0 N–H and O–H groups in total. The Morgan fingerprint density at radius 1 is 1.21 bits per heavy atom. The molecule has 1 rings (SSSR count). The van der Waals surface area contributed by atoms with Gasteiger partial charge >= 0.3 is 0 Å². The number of carbonyl (C=O) groups is 1. The van der Waals surface area contributed by atoms with E-state index in [-0.39, 0.29) is 5.78 Å². The quantitative estimate of drug-likeness (QED) is 0.435. The maximum absolute atomic E-state index is 11.0. The van der Waals surface area contributed by atoms with Crippen LogP contribution in [0.5, 0.6) is 0 Å². The van der Waals surface area contributed by atoms with Crippen LogP contribution >= 0.6 is 23.5 Å². The molecule has 0 fully saturated rings. The monoisotopic (exact) mass is 226 g/mol. The Morgan fingerprint density at radius 2 is 1.86 bits per heavy atom. The Morgan fingerprint density at radius 3 is 2.36 bits per heavy atom. The van der Waals surface area contributed by atoms with E-state index in [1.807, 2.05) is 47.8 Å². The second-order valence-corrected chi connectivity index (χ2v) is 5.08.